The molecule has 1 aliphatic heterocycles. The molecule has 3 rings (SSSR count). The number of nitrogens with zero attached hydrogens (tertiary/aromatic N) is 2. The second-order valence-electron chi connectivity index (χ2n) is 3.70. The van der Waals surface area contributed by atoms with Gasteiger partial charge in [0.2, 0.25) is 0 Å². The lowest BCUT2D eigenvalue weighted by Gasteiger charge is -2.29. The van der Waals surface area contributed by atoms with Crippen LogP contribution in [0.4, 0.5) is 5.69 Å². The van der Waals surface area contributed by atoms with Gasteiger partial charge < -0.3 is 10.2 Å². The number of nitrogens with one attached hydrogen (secondary N) is 1. The molecule has 1 saturated heterocycles. The molecule has 0 amide bonds. The van der Waals surface area contributed by atoms with Crippen molar-refractivity contribution in [3.63, 3.8) is 0 Å². The SMILES string of the molecule is c1cc(N2CCNCC2)c2sccc2n1. The van der Waals surface area contributed by atoms with E-state index in [1.807, 2.05) is 6.20 Å². The maximum atomic E-state index is 4.36. The fraction of sp³-hybridized carbons (Fsp3) is 0.364. The van der Waals surface area contributed by atoms with Gasteiger partial charge in [-0.25, -0.2) is 0 Å². The van der Waals surface area contributed by atoms with Gasteiger partial charge >= 0.3 is 0 Å². The van der Waals surface area contributed by atoms with Gasteiger partial charge in [0.15, 0.2) is 0 Å². The highest BCUT2D eigenvalue weighted by Gasteiger charge is 2.13. The zero-order chi connectivity index (χ0) is 10.1. The molecule has 1 fully saturated rings. The van der Waals surface area contributed by atoms with Gasteiger partial charge in [0.1, 0.15) is 0 Å². The second kappa shape index (κ2) is 3.79. The van der Waals surface area contributed by atoms with Crippen LogP contribution in [0.15, 0.2) is 23.7 Å². The van der Waals surface area contributed by atoms with Gasteiger partial charge in [-0.1, -0.05) is 0 Å². The highest BCUT2D eigenvalue weighted by atomic mass is 32.1. The van der Waals surface area contributed by atoms with E-state index in [2.05, 4.69) is 32.7 Å². The van der Waals surface area contributed by atoms with Gasteiger partial charge in [0, 0.05) is 32.4 Å². The van der Waals surface area contributed by atoms with Crippen molar-refractivity contribution in [2.45, 2.75) is 0 Å². The number of anilines is 1. The van der Waals surface area contributed by atoms with Crippen molar-refractivity contribution in [3.05, 3.63) is 23.7 Å². The van der Waals surface area contributed by atoms with Crippen molar-refractivity contribution in [3.8, 4) is 0 Å². The standard InChI is InChI=1S/C11H13N3S/c1-3-13-9-2-8-15-11(9)10(1)14-6-4-12-5-7-14/h1-3,8,12H,4-7H2. The Bertz CT molecular complexity index is 460. The van der Waals surface area contributed by atoms with E-state index in [1.165, 1.54) is 10.4 Å². The summed E-state index contributed by atoms with van der Waals surface area (Å²) < 4.78 is 1.32. The molecular formula is C11H13N3S. The fourth-order valence-electron chi connectivity index (χ4n) is 2.01. The summed E-state index contributed by atoms with van der Waals surface area (Å²) in [4.78, 5) is 6.81. The molecule has 4 heteroatoms. The van der Waals surface area contributed by atoms with Crippen LogP contribution in [0.25, 0.3) is 10.2 Å². The smallest absolute Gasteiger partial charge is 0.0830 e. The summed E-state index contributed by atoms with van der Waals surface area (Å²) in [6, 6.07) is 4.22. The monoisotopic (exact) mass is 219 g/mol. The molecule has 0 aromatic carbocycles. The minimum Gasteiger partial charge on any atom is -0.368 e. The third-order valence-electron chi connectivity index (χ3n) is 2.78. The largest absolute Gasteiger partial charge is 0.368 e. The maximum Gasteiger partial charge on any atom is 0.0830 e. The molecule has 78 valence electrons. The minimum atomic E-state index is 1.08. The molecule has 0 spiro atoms. The molecule has 0 unspecified atom stereocenters. The van der Waals surface area contributed by atoms with Crippen molar-refractivity contribution in [1.29, 1.82) is 0 Å². The topological polar surface area (TPSA) is 28.2 Å². The molecule has 0 radical (unpaired) electrons. The Morgan fingerprint density at radius 1 is 1.27 bits per heavy atom. The lowest BCUT2D eigenvalue weighted by atomic mass is 10.3. The van der Waals surface area contributed by atoms with Crippen LogP contribution in [-0.4, -0.2) is 31.2 Å². The van der Waals surface area contributed by atoms with Crippen molar-refractivity contribution in [2.75, 3.05) is 31.1 Å². The van der Waals surface area contributed by atoms with Crippen LogP contribution in [0.2, 0.25) is 0 Å². The van der Waals surface area contributed by atoms with E-state index in [4.69, 9.17) is 0 Å². The Hall–Kier alpha value is -1.13. The summed E-state index contributed by atoms with van der Waals surface area (Å²) in [7, 11) is 0. The van der Waals surface area contributed by atoms with Crippen LogP contribution >= 0.6 is 11.3 Å². The Labute approximate surface area is 92.7 Å². The highest BCUT2D eigenvalue weighted by molar-refractivity contribution is 7.17. The predicted molar refractivity (Wildman–Crippen MR) is 64.7 cm³/mol. The van der Waals surface area contributed by atoms with Crippen molar-refractivity contribution >= 4 is 27.2 Å². The highest BCUT2D eigenvalue weighted by Crippen LogP contribution is 2.29. The lowest BCUT2D eigenvalue weighted by Crippen LogP contribution is -2.43. The first kappa shape index (κ1) is 9.12. The number of thiophene rings is 1. The summed E-state index contributed by atoms with van der Waals surface area (Å²) in [5.41, 5.74) is 2.47. The molecule has 3 heterocycles. The summed E-state index contributed by atoms with van der Waals surface area (Å²) >= 11 is 1.78. The van der Waals surface area contributed by atoms with Gasteiger partial charge in [-0.05, 0) is 17.5 Å². The molecule has 0 bridgehead atoms. The Morgan fingerprint density at radius 2 is 2.13 bits per heavy atom. The van der Waals surface area contributed by atoms with Gasteiger partial charge in [0.05, 0.1) is 15.9 Å². The summed E-state index contributed by atoms with van der Waals surface area (Å²) in [5.74, 6) is 0. The summed E-state index contributed by atoms with van der Waals surface area (Å²) in [6.45, 7) is 4.35. The summed E-state index contributed by atoms with van der Waals surface area (Å²) in [6.07, 6.45) is 1.91. The quantitative estimate of drug-likeness (QED) is 0.791. The average Bonchev–Trinajstić information content (AvgIpc) is 2.78. The van der Waals surface area contributed by atoms with Crippen LogP contribution in [0.5, 0.6) is 0 Å². The Morgan fingerprint density at radius 3 is 3.00 bits per heavy atom. The zero-order valence-electron chi connectivity index (χ0n) is 8.44. The van der Waals surface area contributed by atoms with Crippen LogP contribution in [0, 0.1) is 0 Å². The number of hydrogen-bond donors (Lipinski definition) is 1. The van der Waals surface area contributed by atoms with Crippen LogP contribution in [-0.2, 0) is 0 Å². The van der Waals surface area contributed by atoms with Crippen molar-refractivity contribution in [1.82, 2.24) is 10.3 Å². The van der Waals surface area contributed by atoms with E-state index < -0.39 is 0 Å². The van der Waals surface area contributed by atoms with E-state index in [0.717, 1.165) is 31.7 Å². The number of hydrogen-bond acceptors (Lipinski definition) is 4. The lowest BCUT2D eigenvalue weighted by molar-refractivity contribution is 0.590. The Kier molecular flexibility index (Phi) is 2.31. The first-order chi connectivity index (χ1) is 7.45. The molecule has 1 N–H and O–H groups in total. The molecule has 0 atom stereocenters. The third-order valence-corrected chi connectivity index (χ3v) is 3.71. The van der Waals surface area contributed by atoms with Crippen molar-refractivity contribution < 1.29 is 0 Å². The predicted octanol–water partition coefficient (Wildman–Crippen LogP) is 1.71. The van der Waals surface area contributed by atoms with Crippen LogP contribution in [0.3, 0.4) is 0 Å². The first-order valence-corrected chi connectivity index (χ1v) is 6.11. The van der Waals surface area contributed by atoms with Crippen LogP contribution in [0.1, 0.15) is 0 Å². The van der Waals surface area contributed by atoms with Crippen LogP contribution < -0.4 is 10.2 Å². The summed E-state index contributed by atoms with van der Waals surface area (Å²) in [5, 5.41) is 5.49. The molecule has 1 aliphatic rings. The van der Waals surface area contributed by atoms with Gasteiger partial charge in [-0.3, -0.25) is 4.98 Å². The maximum absolute atomic E-state index is 4.36. The van der Waals surface area contributed by atoms with Gasteiger partial charge in [0.25, 0.3) is 0 Å². The van der Waals surface area contributed by atoms with Crippen molar-refractivity contribution in [2.24, 2.45) is 0 Å². The zero-order valence-corrected chi connectivity index (χ0v) is 9.26. The van der Waals surface area contributed by atoms with E-state index >= 15 is 0 Å². The molecule has 2 aromatic rings. The first-order valence-electron chi connectivity index (χ1n) is 5.23. The second-order valence-corrected chi connectivity index (χ2v) is 4.62. The van der Waals surface area contributed by atoms with Gasteiger partial charge in [-0.15, -0.1) is 11.3 Å². The number of piperazine rings is 1. The number of rotatable bonds is 1. The third kappa shape index (κ3) is 1.60. The number of aromatic nitrogens is 1. The van der Waals surface area contributed by atoms with E-state index in [0.29, 0.717) is 0 Å². The number of pyridine rings is 1. The van der Waals surface area contributed by atoms with E-state index in [9.17, 15) is 0 Å². The molecule has 2 aromatic heterocycles. The molecule has 15 heavy (non-hydrogen) atoms. The average molecular weight is 219 g/mol. The van der Waals surface area contributed by atoms with Gasteiger partial charge in [-0.2, -0.15) is 0 Å². The minimum absolute atomic E-state index is 1.08. The normalized spacial score (nSPS) is 17.2. The van der Waals surface area contributed by atoms with E-state index in [-0.39, 0.29) is 0 Å². The Balaban J connectivity index is 2.05. The fourth-order valence-corrected chi connectivity index (χ4v) is 2.91. The van der Waals surface area contributed by atoms with E-state index in [1.54, 1.807) is 11.3 Å². The molecule has 0 saturated carbocycles. The number of fused-ring (bicyclic) bond motifs is 1. The molecular weight excluding hydrogens is 206 g/mol. The molecule has 0 aliphatic carbocycles. The molecule has 3 nitrogen and oxygen atoms in total.